The molecule has 0 aliphatic carbocycles. The Bertz CT molecular complexity index is 842. The smallest absolute Gasteiger partial charge is 0.248 e. The van der Waals surface area contributed by atoms with Crippen molar-refractivity contribution in [3.63, 3.8) is 0 Å². The molecule has 0 radical (unpaired) electrons. The van der Waals surface area contributed by atoms with Gasteiger partial charge in [0.15, 0.2) is 5.13 Å². The van der Waals surface area contributed by atoms with Gasteiger partial charge in [-0.25, -0.2) is 9.97 Å². The second kappa shape index (κ2) is 6.84. The number of hydrogen-bond donors (Lipinski definition) is 1. The van der Waals surface area contributed by atoms with Crippen LogP contribution in [0.4, 0.5) is 5.13 Å². The van der Waals surface area contributed by atoms with Gasteiger partial charge in [0.1, 0.15) is 11.8 Å². The standard InChI is InChI=1S/C17H18N4O2S/c1-11-4-5-15(23-3)13(8-11)14-9-24-17(19-14)20-16(22)12(2)21-7-6-18-10-21/h4-10,12H,1-3H3,(H,19,20,22). The van der Waals surface area contributed by atoms with Gasteiger partial charge in [-0.1, -0.05) is 11.6 Å². The zero-order valence-corrected chi connectivity index (χ0v) is 14.5. The Morgan fingerprint density at radius 3 is 2.96 bits per heavy atom. The van der Waals surface area contributed by atoms with E-state index in [1.54, 1.807) is 30.4 Å². The summed E-state index contributed by atoms with van der Waals surface area (Å²) in [5.74, 6) is 0.626. The fourth-order valence-corrected chi connectivity index (χ4v) is 3.03. The van der Waals surface area contributed by atoms with E-state index >= 15 is 0 Å². The van der Waals surface area contributed by atoms with Gasteiger partial charge in [0.05, 0.1) is 19.1 Å². The highest BCUT2D eigenvalue weighted by Gasteiger charge is 2.17. The number of aryl methyl sites for hydroxylation is 1. The largest absolute Gasteiger partial charge is 0.496 e. The minimum atomic E-state index is -0.353. The number of thiazole rings is 1. The summed E-state index contributed by atoms with van der Waals surface area (Å²) in [5.41, 5.74) is 2.82. The number of anilines is 1. The molecule has 24 heavy (non-hydrogen) atoms. The van der Waals surface area contributed by atoms with E-state index in [2.05, 4.69) is 15.3 Å². The Balaban J connectivity index is 1.79. The van der Waals surface area contributed by atoms with Crippen LogP contribution < -0.4 is 10.1 Å². The lowest BCUT2D eigenvalue weighted by Crippen LogP contribution is -2.22. The lowest BCUT2D eigenvalue weighted by molar-refractivity contribution is -0.118. The van der Waals surface area contributed by atoms with Crippen LogP contribution in [0, 0.1) is 6.92 Å². The molecule has 1 aromatic carbocycles. The molecule has 1 amide bonds. The summed E-state index contributed by atoms with van der Waals surface area (Å²) < 4.78 is 7.14. The molecule has 2 aromatic heterocycles. The van der Waals surface area contributed by atoms with Crippen LogP contribution in [0.15, 0.2) is 42.3 Å². The van der Waals surface area contributed by atoms with Crippen LogP contribution in [-0.2, 0) is 4.79 Å². The molecular weight excluding hydrogens is 324 g/mol. The van der Waals surface area contributed by atoms with Crippen molar-refractivity contribution in [1.82, 2.24) is 14.5 Å². The number of benzene rings is 1. The first-order valence-electron chi connectivity index (χ1n) is 7.47. The molecule has 2 heterocycles. The molecule has 3 aromatic rings. The second-order valence-electron chi connectivity index (χ2n) is 5.42. The third-order valence-electron chi connectivity index (χ3n) is 3.72. The van der Waals surface area contributed by atoms with Gasteiger partial charge in [0.25, 0.3) is 0 Å². The van der Waals surface area contributed by atoms with Crippen molar-refractivity contribution in [2.75, 3.05) is 12.4 Å². The van der Waals surface area contributed by atoms with E-state index < -0.39 is 0 Å². The van der Waals surface area contributed by atoms with E-state index in [-0.39, 0.29) is 11.9 Å². The number of aromatic nitrogens is 3. The first kappa shape index (κ1) is 16.2. The highest BCUT2D eigenvalue weighted by molar-refractivity contribution is 7.14. The second-order valence-corrected chi connectivity index (χ2v) is 6.27. The first-order chi connectivity index (χ1) is 11.6. The van der Waals surface area contributed by atoms with Crippen LogP contribution in [0.3, 0.4) is 0 Å². The van der Waals surface area contributed by atoms with Gasteiger partial charge < -0.3 is 14.6 Å². The summed E-state index contributed by atoms with van der Waals surface area (Å²) in [5, 5.41) is 5.32. The fourth-order valence-electron chi connectivity index (χ4n) is 2.32. The summed E-state index contributed by atoms with van der Waals surface area (Å²) in [7, 11) is 1.63. The molecular formula is C17H18N4O2S. The van der Waals surface area contributed by atoms with Crippen LogP contribution in [0.2, 0.25) is 0 Å². The highest BCUT2D eigenvalue weighted by atomic mass is 32.1. The van der Waals surface area contributed by atoms with Gasteiger partial charge in [-0.2, -0.15) is 0 Å². The van der Waals surface area contributed by atoms with Gasteiger partial charge in [0.2, 0.25) is 5.91 Å². The molecule has 0 fully saturated rings. The Kier molecular flexibility index (Phi) is 4.61. The molecule has 0 saturated heterocycles. The van der Waals surface area contributed by atoms with E-state index in [0.717, 1.165) is 22.6 Å². The molecule has 7 heteroatoms. The van der Waals surface area contributed by atoms with Crippen LogP contribution in [0.25, 0.3) is 11.3 Å². The number of rotatable bonds is 5. The number of nitrogens with zero attached hydrogens (tertiary/aromatic N) is 3. The Morgan fingerprint density at radius 2 is 2.25 bits per heavy atom. The summed E-state index contributed by atoms with van der Waals surface area (Å²) in [6, 6.07) is 5.58. The van der Waals surface area contributed by atoms with Crippen LogP contribution in [0.5, 0.6) is 5.75 Å². The number of methoxy groups -OCH3 is 1. The maximum atomic E-state index is 12.3. The van der Waals surface area contributed by atoms with Crippen molar-refractivity contribution in [2.45, 2.75) is 19.9 Å². The van der Waals surface area contributed by atoms with Crippen molar-refractivity contribution < 1.29 is 9.53 Å². The molecule has 1 N–H and O–H groups in total. The van der Waals surface area contributed by atoms with Gasteiger partial charge in [-0.05, 0) is 26.0 Å². The van der Waals surface area contributed by atoms with Crippen LogP contribution in [0.1, 0.15) is 18.5 Å². The van der Waals surface area contributed by atoms with E-state index in [9.17, 15) is 4.79 Å². The van der Waals surface area contributed by atoms with Gasteiger partial charge in [0, 0.05) is 23.3 Å². The topological polar surface area (TPSA) is 69.0 Å². The van der Waals surface area contributed by atoms with Crippen molar-refractivity contribution in [3.8, 4) is 17.0 Å². The number of carbonyl (C=O) groups excluding carboxylic acids is 1. The lowest BCUT2D eigenvalue weighted by atomic mass is 10.1. The number of hydrogen-bond acceptors (Lipinski definition) is 5. The summed E-state index contributed by atoms with van der Waals surface area (Å²) in [4.78, 5) is 20.8. The SMILES string of the molecule is COc1ccc(C)cc1-c1csc(NC(=O)C(C)n2ccnc2)n1. The minimum absolute atomic E-state index is 0.134. The van der Waals surface area contributed by atoms with Crippen LogP contribution in [-0.4, -0.2) is 27.6 Å². The Labute approximate surface area is 144 Å². The van der Waals surface area contributed by atoms with E-state index in [1.165, 1.54) is 11.3 Å². The zero-order valence-electron chi connectivity index (χ0n) is 13.7. The van der Waals surface area contributed by atoms with Gasteiger partial charge >= 0.3 is 0 Å². The molecule has 1 unspecified atom stereocenters. The lowest BCUT2D eigenvalue weighted by Gasteiger charge is -2.11. The number of nitrogens with one attached hydrogen (secondary N) is 1. The quantitative estimate of drug-likeness (QED) is 0.770. The number of carbonyl (C=O) groups is 1. The van der Waals surface area contributed by atoms with E-state index in [1.807, 2.05) is 37.4 Å². The summed E-state index contributed by atoms with van der Waals surface area (Å²) >= 11 is 1.39. The summed E-state index contributed by atoms with van der Waals surface area (Å²) in [6.45, 7) is 3.83. The maximum Gasteiger partial charge on any atom is 0.248 e. The number of amides is 1. The molecule has 1 atom stereocenters. The van der Waals surface area contributed by atoms with Crippen LogP contribution >= 0.6 is 11.3 Å². The number of ether oxygens (including phenoxy) is 1. The van der Waals surface area contributed by atoms with Crippen molar-refractivity contribution in [1.29, 1.82) is 0 Å². The van der Waals surface area contributed by atoms with Gasteiger partial charge in [-0.15, -0.1) is 11.3 Å². The average molecular weight is 342 g/mol. The van der Waals surface area contributed by atoms with Crippen molar-refractivity contribution >= 4 is 22.4 Å². The first-order valence-corrected chi connectivity index (χ1v) is 8.35. The monoisotopic (exact) mass is 342 g/mol. The van der Waals surface area contributed by atoms with Crippen molar-refractivity contribution in [3.05, 3.63) is 47.9 Å². The molecule has 0 aliphatic rings. The van der Waals surface area contributed by atoms with E-state index in [0.29, 0.717) is 5.13 Å². The predicted octanol–water partition coefficient (Wildman–Crippen LogP) is 3.52. The Morgan fingerprint density at radius 1 is 1.42 bits per heavy atom. The minimum Gasteiger partial charge on any atom is -0.496 e. The highest BCUT2D eigenvalue weighted by Crippen LogP contribution is 2.33. The normalized spacial score (nSPS) is 12.0. The summed E-state index contributed by atoms with van der Waals surface area (Å²) in [6.07, 6.45) is 5.03. The molecule has 0 aliphatic heterocycles. The predicted molar refractivity (Wildman–Crippen MR) is 94.4 cm³/mol. The molecule has 6 nitrogen and oxygen atoms in total. The zero-order chi connectivity index (χ0) is 17.1. The Hall–Kier alpha value is -2.67. The third kappa shape index (κ3) is 3.30. The molecule has 0 bridgehead atoms. The molecule has 0 spiro atoms. The molecule has 0 saturated carbocycles. The van der Waals surface area contributed by atoms with E-state index in [4.69, 9.17) is 4.74 Å². The average Bonchev–Trinajstić information content (AvgIpc) is 3.26. The fraction of sp³-hybridized carbons (Fsp3) is 0.235. The number of imidazole rings is 1. The third-order valence-corrected chi connectivity index (χ3v) is 4.47. The molecule has 124 valence electrons. The van der Waals surface area contributed by atoms with Crippen molar-refractivity contribution in [2.24, 2.45) is 0 Å². The maximum absolute atomic E-state index is 12.3. The van der Waals surface area contributed by atoms with Gasteiger partial charge in [-0.3, -0.25) is 4.79 Å². The molecule has 3 rings (SSSR count).